The average Bonchev–Trinajstić information content (AvgIpc) is 3.92. The highest BCUT2D eigenvalue weighted by atomic mass is 15.2. The summed E-state index contributed by atoms with van der Waals surface area (Å²) >= 11 is 0. The van der Waals surface area contributed by atoms with Crippen molar-refractivity contribution >= 4 is 38.1 Å². The van der Waals surface area contributed by atoms with E-state index in [1.807, 2.05) is 6.07 Å². The lowest BCUT2D eigenvalue weighted by molar-refractivity contribution is 0.979. The van der Waals surface area contributed by atoms with Gasteiger partial charge in [-0.25, -0.2) is 14.5 Å². The van der Waals surface area contributed by atoms with Gasteiger partial charge in [0.2, 0.25) is 0 Å². The molecular weight excluding hydrogens is 755 g/mol. The second kappa shape index (κ2) is 14.7. The lowest BCUT2D eigenvalue weighted by atomic mass is 9.95. The average molecular weight is 792 g/mol. The van der Waals surface area contributed by atoms with Gasteiger partial charge in [0.25, 0.3) is 0 Å². The molecule has 5 heteroatoms. The normalized spacial score (nSPS) is 11.5. The first-order valence-electron chi connectivity index (χ1n) is 20.9. The van der Waals surface area contributed by atoms with Crippen LogP contribution in [0.15, 0.2) is 224 Å². The molecule has 0 N–H and O–H groups in total. The molecule has 62 heavy (non-hydrogen) atoms. The van der Waals surface area contributed by atoms with E-state index in [1.54, 1.807) is 0 Å². The van der Waals surface area contributed by atoms with Crippen LogP contribution >= 0.6 is 0 Å². The summed E-state index contributed by atoms with van der Waals surface area (Å²) in [5.41, 5.74) is 15.3. The van der Waals surface area contributed by atoms with Crippen molar-refractivity contribution in [3.8, 4) is 73.2 Å². The molecule has 0 aliphatic rings. The standard InChI is InChI=1S/C57H37N5/c1-4-18-38(19-5-1)49-37-50(59-57(58-49)44-27-17-28-45(35-44)61-51-32-14-12-30-47(51)48-31-13-15-33-52(48)61)42-25-16-26-43(34-42)55-54(40-22-8-3-9-23-40)56-46-29-11-10-24-41(46)36-53(62(56)60-55)39-20-6-2-7-21-39/h1-37H. The predicted octanol–water partition coefficient (Wildman–Crippen LogP) is 14.4. The lowest BCUT2D eigenvalue weighted by Gasteiger charge is -2.12. The number of nitrogens with zero attached hydrogens (tertiary/aromatic N) is 5. The summed E-state index contributed by atoms with van der Waals surface area (Å²) in [6.45, 7) is 0. The maximum absolute atomic E-state index is 5.51. The van der Waals surface area contributed by atoms with Crippen LogP contribution in [-0.4, -0.2) is 24.1 Å². The summed E-state index contributed by atoms with van der Waals surface area (Å²) in [5.74, 6) is 0.658. The molecule has 0 bridgehead atoms. The predicted molar refractivity (Wildman–Crippen MR) is 255 cm³/mol. The fraction of sp³-hybridized carbons (Fsp3) is 0. The van der Waals surface area contributed by atoms with E-state index in [-0.39, 0.29) is 0 Å². The van der Waals surface area contributed by atoms with E-state index in [0.29, 0.717) is 5.82 Å². The first-order valence-corrected chi connectivity index (χ1v) is 20.9. The Kier molecular flexibility index (Phi) is 8.42. The van der Waals surface area contributed by atoms with Gasteiger partial charge in [0.15, 0.2) is 5.82 Å². The van der Waals surface area contributed by atoms with Crippen molar-refractivity contribution in [2.45, 2.75) is 0 Å². The quantitative estimate of drug-likeness (QED) is 0.162. The molecule has 8 aromatic carbocycles. The topological polar surface area (TPSA) is 48.0 Å². The second-order valence-corrected chi connectivity index (χ2v) is 15.7. The van der Waals surface area contributed by atoms with Gasteiger partial charge in [-0.15, -0.1) is 0 Å². The summed E-state index contributed by atoms with van der Waals surface area (Å²) in [7, 11) is 0. The first kappa shape index (κ1) is 35.5. The van der Waals surface area contributed by atoms with Crippen molar-refractivity contribution in [3.05, 3.63) is 224 Å². The van der Waals surface area contributed by atoms with Crippen LogP contribution < -0.4 is 0 Å². The van der Waals surface area contributed by atoms with E-state index < -0.39 is 0 Å². The van der Waals surface area contributed by atoms with E-state index in [2.05, 4.69) is 227 Å². The fourth-order valence-electron chi connectivity index (χ4n) is 9.07. The van der Waals surface area contributed by atoms with Gasteiger partial charge in [0, 0.05) is 55.2 Å². The molecule has 0 spiro atoms. The molecule has 0 aliphatic heterocycles. The second-order valence-electron chi connectivity index (χ2n) is 15.7. The summed E-state index contributed by atoms with van der Waals surface area (Å²) in [6.07, 6.45) is 0. The number of para-hydroxylation sites is 2. The van der Waals surface area contributed by atoms with Crippen molar-refractivity contribution in [2.24, 2.45) is 0 Å². The molecule has 4 heterocycles. The highest BCUT2D eigenvalue weighted by Crippen LogP contribution is 2.42. The van der Waals surface area contributed by atoms with Gasteiger partial charge in [-0.05, 0) is 53.4 Å². The molecule has 0 aliphatic carbocycles. The van der Waals surface area contributed by atoms with E-state index in [0.717, 1.165) is 89.3 Å². The van der Waals surface area contributed by atoms with Gasteiger partial charge in [0.05, 0.1) is 33.6 Å². The molecule has 4 aromatic heterocycles. The molecule has 0 atom stereocenters. The summed E-state index contributed by atoms with van der Waals surface area (Å²) in [4.78, 5) is 10.6. The summed E-state index contributed by atoms with van der Waals surface area (Å²) < 4.78 is 4.48. The minimum atomic E-state index is 0.658. The van der Waals surface area contributed by atoms with Crippen molar-refractivity contribution in [1.82, 2.24) is 24.1 Å². The third-order valence-corrected chi connectivity index (χ3v) is 11.9. The minimum absolute atomic E-state index is 0.658. The Hall–Kier alpha value is -8.41. The Morgan fingerprint density at radius 3 is 1.60 bits per heavy atom. The lowest BCUT2D eigenvalue weighted by Crippen LogP contribution is -1.98. The van der Waals surface area contributed by atoms with E-state index in [4.69, 9.17) is 15.1 Å². The SMILES string of the molecule is c1ccc(-c2cc(-c3cccc(-c4nn5c(-c6ccccc6)cc6ccccc6c5c4-c4ccccc4)c3)nc(-c3cccc(-n4c5ccccc5c5ccccc54)c3)n2)cc1. The van der Waals surface area contributed by atoms with Crippen LogP contribution in [0.4, 0.5) is 0 Å². The molecule has 290 valence electrons. The number of aromatic nitrogens is 5. The van der Waals surface area contributed by atoms with Crippen LogP contribution in [0.25, 0.3) is 111 Å². The molecule has 12 aromatic rings. The molecular formula is C57H37N5. The van der Waals surface area contributed by atoms with Gasteiger partial charge in [-0.2, -0.15) is 5.10 Å². The zero-order valence-electron chi connectivity index (χ0n) is 33.6. The maximum Gasteiger partial charge on any atom is 0.160 e. The van der Waals surface area contributed by atoms with Gasteiger partial charge >= 0.3 is 0 Å². The van der Waals surface area contributed by atoms with Gasteiger partial charge in [-0.1, -0.05) is 182 Å². The largest absolute Gasteiger partial charge is 0.309 e. The fourth-order valence-corrected chi connectivity index (χ4v) is 9.07. The van der Waals surface area contributed by atoms with Crippen molar-refractivity contribution < 1.29 is 0 Å². The number of rotatable bonds is 7. The van der Waals surface area contributed by atoms with Crippen LogP contribution in [0.5, 0.6) is 0 Å². The van der Waals surface area contributed by atoms with Crippen molar-refractivity contribution in [3.63, 3.8) is 0 Å². The Balaban J connectivity index is 1.05. The molecule has 0 unspecified atom stereocenters. The number of hydrogen-bond donors (Lipinski definition) is 0. The van der Waals surface area contributed by atoms with E-state index >= 15 is 0 Å². The summed E-state index contributed by atoms with van der Waals surface area (Å²) in [6, 6.07) is 79.0. The van der Waals surface area contributed by atoms with Crippen LogP contribution in [0.2, 0.25) is 0 Å². The van der Waals surface area contributed by atoms with Crippen molar-refractivity contribution in [1.29, 1.82) is 0 Å². The number of pyridine rings is 1. The third-order valence-electron chi connectivity index (χ3n) is 11.9. The zero-order valence-corrected chi connectivity index (χ0v) is 33.6. The monoisotopic (exact) mass is 791 g/mol. The molecule has 0 fully saturated rings. The van der Waals surface area contributed by atoms with Gasteiger partial charge in [0.1, 0.15) is 5.69 Å². The van der Waals surface area contributed by atoms with Crippen LogP contribution in [0.3, 0.4) is 0 Å². The van der Waals surface area contributed by atoms with Gasteiger partial charge < -0.3 is 4.57 Å². The third kappa shape index (κ3) is 5.98. The number of hydrogen-bond acceptors (Lipinski definition) is 3. The summed E-state index contributed by atoms with van der Waals surface area (Å²) in [5, 5.41) is 10.3. The number of fused-ring (bicyclic) bond motifs is 6. The van der Waals surface area contributed by atoms with E-state index in [9.17, 15) is 0 Å². The molecule has 0 radical (unpaired) electrons. The highest BCUT2D eigenvalue weighted by molar-refractivity contribution is 6.10. The first-order chi connectivity index (χ1) is 30.7. The molecule has 12 rings (SSSR count). The number of benzene rings is 8. The Morgan fingerprint density at radius 2 is 0.887 bits per heavy atom. The maximum atomic E-state index is 5.51. The zero-order chi connectivity index (χ0) is 41.0. The molecule has 0 saturated carbocycles. The van der Waals surface area contributed by atoms with E-state index in [1.165, 1.54) is 16.2 Å². The Labute approximate surface area is 358 Å². The smallest absolute Gasteiger partial charge is 0.160 e. The van der Waals surface area contributed by atoms with Crippen LogP contribution in [-0.2, 0) is 0 Å². The Bertz CT molecular complexity index is 3570. The van der Waals surface area contributed by atoms with Crippen LogP contribution in [0, 0.1) is 0 Å². The van der Waals surface area contributed by atoms with Crippen LogP contribution in [0.1, 0.15) is 0 Å². The molecule has 0 saturated heterocycles. The van der Waals surface area contributed by atoms with Crippen molar-refractivity contribution in [2.75, 3.05) is 0 Å². The highest BCUT2D eigenvalue weighted by Gasteiger charge is 2.22. The Morgan fingerprint density at radius 1 is 0.355 bits per heavy atom. The molecule has 0 amide bonds. The van der Waals surface area contributed by atoms with Gasteiger partial charge in [-0.3, -0.25) is 0 Å². The molecule has 5 nitrogen and oxygen atoms in total. The minimum Gasteiger partial charge on any atom is -0.309 e.